The van der Waals surface area contributed by atoms with E-state index in [-0.39, 0.29) is 11.6 Å². The largest absolute Gasteiger partial charge is 0.460 e. The van der Waals surface area contributed by atoms with Crippen molar-refractivity contribution in [1.29, 1.82) is 0 Å². The van der Waals surface area contributed by atoms with Crippen LogP contribution in [0.2, 0.25) is 0 Å². The van der Waals surface area contributed by atoms with Crippen molar-refractivity contribution >= 4 is 17.7 Å². The molecule has 16 heavy (non-hydrogen) atoms. The van der Waals surface area contributed by atoms with Crippen molar-refractivity contribution in [2.45, 2.75) is 50.9 Å². The maximum atomic E-state index is 11.4. The van der Waals surface area contributed by atoms with Gasteiger partial charge in [-0.15, -0.1) is 0 Å². The van der Waals surface area contributed by atoms with Gasteiger partial charge in [0.1, 0.15) is 5.60 Å². The van der Waals surface area contributed by atoms with Gasteiger partial charge in [0.2, 0.25) is 0 Å². The van der Waals surface area contributed by atoms with Crippen LogP contribution in [0.1, 0.15) is 40.0 Å². The summed E-state index contributed by atoms with van der Waals surface area (Å²) in [6.45, 7) is 7.43. The van der Waals surface area contributed by atoms with Crippen LogP contribution in [-0.2, 0) is 14.3 Å². The van der Waals surface area contributed by atoms with Crippen molar-refractivity contribution in [2.24, 2.45) is 0 Å². The van der Waals surface area contributed by atoms with Gasteiger partial charge in [-0.1, -0.05) is 0 Å². The maximum Gasteiger partial charge on any atom is 0.307 e. The summed E-state index contributed by atoms with van der Waals surface area (Å²) in [6, 6.07) is 0. The van der Waals surface area contributed by atoms with Crippen molar-refractivity contribution in [1.82, 2.24) is 0 Å². The summed E-state index contributed by atoms with van der Waals surface area (Å²) >= 11 is 1.87. The SMILES string of the molecule is CC(C)(C)OC(=O)CCSC1CCOCC1. The lowest BCUT2D eigenvalue weighted by Crippen LogP contribution is -2.24. The fourth-order valence-electron chi connectivity index (χ4n) is 1.54. The van der Waals surface area contributed by atoms with E-state index in [4.69, 9.17) is 9.47 Å². The molecule has 1 heterocycles. The molecule has 0 aromatic rings. The maximum absolute atomic E-state index is 11.4. The van der Waals surface area contributed by atoms with Gasteiger partial charge in [0.05, 0.1) is 6.42 Å². The van der Waals surface area contributed by atoms with Crippen LogP contribution in [0.4, 0.5) is 0 Å². The minimum Gasteiger partial charge on any atom is -0.460 e. The zero-order chi connectivity index (χ0) is 12.0. The van der Waals surface area contributed by atoms with E-state index in [9.17, 15) is 4.79 Å². The van der Waals surface area contributed by atoms with Crippen molar-refractivity contribution in [3.05, 3.63) is 0 Å². The average molecular weight is 246 g/mol. The number of carbonyl (C=O) groups is 1. The predicted octanol–water partition coefficient (Wildman–Crippen LogP) is 2.63. The van der Waals surface area contributed by atoms with Gasteiger partial charge in [0, 0.05) is 24.2 Å². The van der Waals surface area contributed by atoms with Gasteiger partial charge in [-0.05, 0) is 33.6 Å². The molecule has 0 bridgehead atoms. The molecule has 0 aliphatic carbocycles. The Labute approximate surface area is 102 Å². The fraction of sp³-hybridized carbons (Fsp3) is 0.917. The van der Waals surface area contributed by atoms with Gasteiger partial charge in [-0.2, -0.15) is 11.8 Å². The van der Waals surface area contributed by atoms with Gasteiger partial charge in [0.15, 0.2) is 0 Å². The van der Waals surface area contributed by atoms with E-state index >= 15 is 0 Å². The number of hydrogen-bond donors (Lipinski definition) is 0. The first-order chi connectivity index (χ1) is 7.47. The zero-order valence-corrected chi connectivity index (χ0v) is 11.3. The molecule has 94 valence electrons. The topological polar surface area (TPSA) is 35.5 Å². The number of carbonyl (C=O) groups excluding carboxylic acids is 1. The standard InChI is InChI=1S/C12H22O3S/c1-12(2,3)15-11(13)6-9-16-10-4-7-14-8-5-10/h10H,4-9H2,1-3H3. The van der Waals surface area contributed by atoms with Crippen LogP contribution in [-0.4, -0.2) is 35.8 Å². The van der Waals surface area contributed by atoms with E-state index in [1.165, 1.54) is 0 Å². The van der Waals surface area contributed by atoms with Gasteiger partial charge in [0.25, 0.3) is 0 Å². The molecule has 0 aromatic heterocycles. The number of ether oxygens (including phenoxy) is 2. The molecule has 1 aliphatic heterocycles. The molecule has 0 aromatic carbocycles. The van der Waals surface area contributed by atoms with Crippen LogP contribution in [0.5, 0.6) is 0 Å². The van der Waals surface area contributed by atoms with Gasteiger partial charge in [-0.3, -0.25) is 4.79 Å². The van der Waals surface area contributed by atoms with Gasteiger partial charge < -0.3 is 9.47 Å². The van der Waals surface area contributed by atoms with Crippen molar-refractivity contribution in [3.63, 3.8) is 0 Å². The summed E-state index contributed by atoms with van der Waals surface area (Å²) in [5, 5.41) is 0.663. The molecule has 4 heteroatoms. The Kier molecular flexibility index (Phi) is 5.62. The Balaban J connectivity index is 2.08. The molecule has 0 amide bonds. The van der Waals surface area contributed by atoms with E-state index in [0.717, 1.165) is 31.8 Å². The lowest BCUT2D eigenvalue weighted by Gasteiger charge is -2.22. The molecular weight excluding hydrogens is 224 g/mol. The molecule has 0 radical (unpaired) electrons. The van der Waals surface area contributed by atoms with Crippen LogP contribution in [0, 0.1) is 0 Å². The quantitative estimate of drug-likeness (QED) is 0.714. The summed E-state index contributed by atoms with van der Waals surface area (Å²) in [4.78, 5) is 11.4. The Bertz CT molecular complexity index is 217. The smallest absolute Gasteiger partial charge is 0.307 e. The first kappa shape index (κ1) is 13.8. The molecule has 1 aliphatic rings. The molecule has 1 saturated heterocycles. The highest BCUT2D eigenvalue weighted by Gasteiger charge is 2.18. The normalized spacial score (nSPS) is 18.4. The first-order valence-corrected chi connectivity index (χ1v) is 6.93. The average Bonchev–Trinajstić information content (AvgIpc) is 2.16. The van der Waals surface area contributed by atoms with Crippen LogP contribution >= 0.6 is 11.8 Å². The highest BCUT2D eigenvalue weighted by Crippen LogP contribution is 2.22. The second kappa shape index (κ2) is 6.50. The predicted molar refractivity (Wildman–Crippen MR) is 66.8 cm³/mol. The van der Waals surface area contributed by atoms with Gasteiger partial charge >= 0.3 is 5.97 Å². The highest BCUT2D eigenvalue weighted by molar-refractivity contribution is 7.99. The monoisotopic (exact) mass is 246 g/mol. The van der Waals surface area contributed by atoms with Crippen LogP contribution < -0.4 is 0 Å². The molecular formula is C12H22O3S. The third-order valence-electron chi connectivity index (χ3n) is 2.25. The number of thioether (sulfide) groups is 1. The highest BCUT2D eigenvalue weighted by atomic mass is 32.2. The Morgan fingerprint density at radius 1 is 1.38 bits per heavy atom. The number of rotatable bonds is 4. The molecule has 0 atom stereocenters. The van der Waals surface area contributed by atoms with Crippen LogP contribution in [0.25, 0.3) is 0 Å². The molecule has 0 spiro atoms. The second-order valence-corrected chi connectivity index (χ2v) is 6.43. The lowest BCUT2D eigenvalue weighted by molar-refractivity contribution is -0.154. The molecule has 0 unspecified atom stereocenters. The number of hydrogen-bond acceptors (Lipinski definition) is 4. The Morgan fingerprint density at radius 3 is 2.56 bits per heavy atom. The van der Waals surface area contributed by atoms with Crippen LogP contribution in [0.3, 0.4) is 0 Å². The van der Waals surface area contributed by atoms with E-state index in [1.807, 2.05) is 32.5 Å². The number of esters is 1. The molecule has 1 rings (SSSR count). The fourth-order valence-corrected chi connectivity index (χ4v) is 2.69. The van der Waals surface area contributed by atoms with Crippen molar-refractivity contribution < 1.29 is 14.3 Å². The van der Waals surface area contributed by atoms with E-state index in [1.54, 1.807) is 0 Å². The minimum absolute atomic E-state index is 0.0907. The molecule has 0 saturated carbocycles. The Hall–Kier alpha value is -0.220. The third kappa shape index (κ3) is 6.38. The molecule has 3 nitrogen and oxygen atoms in total. The molecule has 0 N–H and O–H groups in total. The first-order valence-electron chi connectivity index (χ1n) is 5.88. The van der Waals surface area contributed by atoms with E-state index < -0.39 is 0 Å². The van der Waals surface area contributed by atoms with E-state index in [0.29, 0.717) is 11.7 Å². The zero-order valence-electron chi connectivity index (χ0n) is 10.5. The van der Waals surface area contributed by atoms with E-state index in [2.05, 4.69) is 0 Å². The summed E-state index contributed by atoms with van der Waals surface area (Å²) in [7, 11) is 0. The summed E-state index contributed by atoms with van der Waals surface area (Å²) in [5.74, 6) is 0.770. The van der Waals surface area contributed by atoms with Crippen molar-refractivity contribution in [3.8, 4) is 0 Å². The summed E-state index contributed by atoms with van der Waals surface area (Å²) in [6.07, 6.45) is 2.73. The van der Waals surface area contributed by atoms with Crippen molar-refractivity contribution in [2.75, 3.05) is 19.0 Å². The lowest BCUT2D eigenvalue weighted by atomic mass is 10.2. The second-order valence-electron chi connectivity index (χ2n) is 5.02. The third-order valence-corrected chi connectivity index (χ3v) is 3.63. The summed E-state index contributed by atoms with van der Waals surface area (Å²) < 4.78 is 10.5. The summed E-state index contributed by atoms with van der Waals surface area (Å²) in [5.41, 5.74) is -0.361. The Morgan fingerprint density at radius 2 is 2.00 bits per heavy atom. The van der Waals surface area contributed by atoms with Crippen LogP contribution in [0.15, 0.2) is 0 Å². The minimum atomic E-state index is -0.361. The van der Waals surface area contributed by atoms with Gasteiger partial charge in [-0.25, -0.2) is 0 Å². The molecule has 1 fully saturated rings.